The van der Waals surface area contributed by atoms with Gasteiger partial charge in [-0.15, -0.1) is 0 Å². The summed E-state index contributed by atoms with van der Waals surface area (Å²) in [6, 6.07) is 2.84. The molecule has 0 saturated carbocycles. The molecule has 0 saturated heterocycles. The van der Waals surface area contributed by atoms with E-state index in [-0.39, 0.29) is 11.4 Å². The smallest absolute Gasteiger partial charge is 0.326 e. The Bertz CT molecular complexity index is 493. The Morgan fingerprint density at radius 1 is 1.45 bits per heavy atom. The van der Waals surface area contributed by atoms with Crippen molar-refractivity contribution in [3.8, 4) is 0 Å². The lowest BCUT2D eigenvalue weighted by Crippen LogP contribution is -2.41. The standard InChI is InChI=1S/C14H17ClFNO3/c1-2-3-4-12(14(19)20)17-13(18)7-9-5-6-10(16)8-11(9)15/h5-6,8,12H,2-4,7H2,1H3,(H,17,18)(H,19,20)/t12-/m0/s1. The number of benzene rings is 1. The van der Waals surface area contributed by atoms with E-state index >= 15 is 0 Å². The van der Waals surface area contributed by atoms with Gasteiger partial charge in [0.15, 0.2) is 0 Å². The number of unbranched alkanes of at least 4 members (excludes halogenated alkanes) is 1. The third-order valence-corrected chi connectivity index (χ3v) is 3.20. The molecule has 110 valence electrons. The first-order valence-electron chi connectivity index (χ1n) is 6.40. The van der Waals surface area contributed by atoms with Crippen LogP contribution in [0.4, 0.5) is 4.39 Å². The number of amides is 1. The lowest BCUT2D eigenvalue weighted by Gasteiger charge is -2.14. The third-order valence-electron chi connectivity index (χ3n) is 2.85. The second-order valence-electron chi connectivity index (χ2n) is 4.51. The number of hydrogen-bond acceptors (Lipinski definition) is 2. The topological polar surface area (TPSA) is 66.4 Å². The first kappa shape index (κ1) is 16.4. The summed E-state index contributed by atoms with van der Waals surface area (Å²) in [6.45, 7) is 1.94. The van der Waals surface area contributed by atoms with Crippen LogP contribution in [0, 0.1) is 5.82 Å². The molecule has 2 N–H and O–H groups in total. The van der Waals surface area contributed by atoms with Gasteiger partial charge in [0.25, 0.3) is 0 Å². The van der Waals surface area contributed by atoms with Crippen molar-refractivity contribution in [1.82, 2.24) is 5.32 Å². The van der Waals surface area contributed by atoms with E-state index in [1.54, 1.807) is 0 Å². The molecular weight excluding hydrogens is 285 g/mol. The monoisotopic (exact) mass is 301 g/mol. The first-order chi connectivity index (χ1) is 9.43. The fourth-order valence-corrected chi connectivity index (χ4v) is 1.98. The zero-order valence-electron chi connectivity index (χ0n) is 11.2. The number of carbonyl (C=O) groups is 2. The van der Waals surface area contributed by atoms with Gasteiger partial charge in [0, 0.05) is 5.02 Å². The Morgan fingerprint density at radius 3 is 2.70 bits per heavy atom. The van der Waals surface area contributed by atoms with Crippen LogP contribution in [-0.4, -0.2) is 23.0 Å². The Hall–Kier alpha value is -1.62. The fraction of sp³-hybridized carbons (Fsp3) is 0.429. The largest absolute Gasteiger partial charge is 0.480 e. The molecular formula is C14H17ClFNO3. The zero-order chi connectivity index (χ0) is 15.1. The van der Waals surface area contributed by atoms with Crippen LogP contribution in [0.3, 0.4) is 0 Å². The van der Waals surface area contributed by atoms with Crippen molar-refractivity contribution in [3.63, 3.8) is 0 Å². The molecule has 4 nitrogen and oxygen atoms in total. The van der Waals surface area contributed by atoms with Gasteiger partial charge in [-0.1, -0.05) is 37.4 Å². The van der Waals surface area contributed by atoms with Crippen molar-refractivity contribution >= 4 is 23.5 Å². The minimum atomic E-state index is -1.06. The van der Waals surface area contributed by atoms with E-state index in [1.807, 2.05) is 6.92 Å². The van der Waals surface area contributed by atoms with Crippen LogP contribution in [0.5, 0.6) is 0 Å². The van der Waals surface area contributed by atoms with E-state index < -0.39 is 23.7 Å². The third kappa shape index (κ3) is 5.17. The molecule has 1 rings (SSSR count). The number of aliphatic carboxylic acids is 1. The van der Waals surface area contributed by atoms with Crippen molar-refractivity contribution in [2.24, 2.45) is 0 Å². The number of carboxylic acid groups (broad SMARTS) is 1. The highest BCUT2D eigenvalue weighted by molar-refractivity contribution is 6.31. The Kier molecular flexibility index (Phi) is 6.45. The average Bonchev–Trinajstić information content (AvgIpc) is 2.37. The summed E-state index contributed by atoms with van der Waals surface area (Å²) >= 11 is 5.82. The molecule has 1 aromatic rings. The van der Waals surface area contributed by atoms with Gasteiger partial charge in [-0.3, -0.25) is 4.79 Å². The summed E-state index contributed by atoms with van der Waals surface area (Å²) in [6.07, 6.45) is 1.88. The van der Waals surface area contributed by atoms with Crippen LogP contribution < -0.4 is 5.32 Å². The number of halogens is 2. The molecule has 20 heavy (non-hydrogen) atoms. The lowest BCUT2D eigenvalue weighted by molar-refractivity contribution is -0.142. The Balaban J connectivity index is 2.63. The maximum atomic E-state index is 12.9. The lowest BCUT2D eigenvalue weighted by atomic mass is 10.1. The minimum absolute atomic E-state index is 0.0744. The molecule has 0 unspecified atom stereocenters. The van der Waals surface area contributed by atoms with Crippen LogP contribution in [0.2, 0.25) is 5.02 Å². The predicted octanol–water partition coefficient (Wildman–Crippen LogP) is 2.78. The molecule has 0 aliphatic rings. The molecule has 0 radical (unpaired) electrons. The van der Waals surface area contributed by atoms with E-state index in [1.165, 1.54) is 12.1 Å². The molecule has 1 amide bonds. The summed E-state index contributed by atoms with van der Waals surface area (Å²) in [5.41, 5.74) is 0.463. The fourth-order valence-electron chi connectivity index (χ4n) is 1.75. The number of carboxylic acids is 1. The van der Waals surface area contributed by atoms with Crippen molar-refractivity contribution in [2.75, 3.05) is 0 Å². The molecule has 6 heteroatoms. The average molecular weight is 302 g/mol. The van der Waals surface area contributed by atoms with Crippen molar-refractivity contribution in [3.05, 3.63) is 34.6 Å². The van der Waals surface area contributed by atoms with Gasteiger partial charge in [-0.25, -0.2) is 9.18 Å². The number of nitrogens with one attached hydrogen (secondary N) is 1. The quantitative estimate of drug-likeness (QED) is 0.814. The minimum Gasteiger partial charge on any atom is -0.480 e. The molecule has 0 aliphatic heterocycles. The van der Waals surface area contributed by atoms with Crippen LogP contribution in [0.15, 0.2) is 18.2 Å². The maximum Gasteiger partial charge on any atom is 0.326 e. The molecule has 0 spiro atoms. The Labute approximate surface area is 121 Å². The van der Waals surface area contributed by atoms with Gasteiger partial charge in [-0.05, 0) is 24.1 Å². The zero-order valence-corrected chi connectivity index (χ0v) is 11.9. The van der Waals surface area contributed by atoms with E-state index in [2.05, 4.69) is 5.32 Å². The van der Waals surface area contributed by atoms with Crippen molar-refractivity contribution < 1.29 is 19.1 Å². The molecule has 0 bridgehead atoms. The van der Waals surface area contributed by atoms with Crippen LogP contribution >= 0.6 is 11.6 Å². The summed E-state index contributed by atoms with van der Waals surface area (Å²) < 4.78 is 12.9. The van der Waals surface area contributed by atoms with Gasteiger partial charge in [0.1, 0.15) is 11.9 Å². The Morgan fingerprint density at radius 2 is 2.15 bits per heavy atom. The summed E-state index contributed by atoms with van der Waals surface area (Å²) in [5, 5.41) is 11.6. The molecule has 0 heterocycles. The van der Waals surface area contributed by atoms with Gasteiger partial charge >= 0.3 is 5.97 Å². The summed E-state index contributed by atoms with van der Waals surface area (Å²) in [4.78, 5) is 22.8. The highest BCUT2D eigenvalue weighted by Gasteiger charge is 2.19. The number of rotatable bonds is 7. The second-order valence-corrected chi connectivity index (χ2v) is 4.92. The molecule has 0 fully saturated rings. The van der Waals surface area contributed by atoms with Crippen molar-refractivity contribution in [2.45, 2.75) is 38.6 Å². The molecule has 0 aromatic heterocycles. The van der Waals surface area contributed by atoms with Crippen LogP contribution in [0.1, 0.15) is 31.7 Å². The van der Waals surface area contributed by atoms with Crippen LogP contribution in [0.25, 0.3) is 0 Å². The van der Waals surface area contributed by atoms with E-state index in [4.69, 9.17) is 16.7 Å². The normalized spacial score (nSPS) is 11.9. The number of hydrogen-bond donors (Lipinski definition) is 2. The number of carbonyl (C=O) groups excluding carboxylic acids is 1. The van der Waals surface area contributed by atoms with Gasteiger partial charge in [0.2, 0.25) is 5.91 Å². The van der Waals surface area contributed by atoms with Crippen molar-refractivity contribution in [1.29, 1.82) is 0 Å². The molecule has 1 atom stereocenters. The highest BCUT2D eigenvalue weighted by atomic mass is 35.5. The van der Waals surface area contributed by atoms with Gasteiger partial charge in [-0.2, -0.15) is 0 Å². The van der Waals surface area contributed by atoms with E-state index in [0.717, 1.165) is 12.5 Å². The second kappa shape index (κ2) is 7.85. The molecule has 0 aliphatic carbocycles. The molecule has 1 aromatic carbocycles. The SMILES string of the molecule is CCCC[C@H](NC(=O)Cc1ccc(F)cc1Cl)C(=O)O. The first-order valence-corrected chi connectivity index (χ1v) is 6.78. The highest BCUT2D eigenvalue weighted by Crippen LogP contribution is 2.17. The van der Waals surface area contributed by atoms with E-state index in [0.29, 0.717) is 18.4 Å². The predicted molar refractivity (Wildman–Crippen MR) is 74.2 cm³/mol. The maximum absolute atomic E-state index is 12.9. The summed E-state index contributed by atoms with van der Waals surface area (Å²) in [5.74, 6) is -1.98. The van der Waals surface area contributed by atoms with E-state index in [9.17, 15) is 14.0 Å². The van der Waals surface area contributed by atoms with Gasteiger partial charge < -0.3 is 10.4 Å². The summed E-state index contributed by atoms with van der Waals surface area (Å²) in [7, 11) is 0. The van der Waals surface area contributed by atoms with Crippen LogP contribution in [-0.2, 0) is 16.0 Å². The van der Waals surface area contributed by atoms with Gasteiger partial charge in [0.05, 0.1) is 6.42 Å².